The van der Waals surface area contributed by atoms with E-state index in [9.17, 15) is 0 Å². The molecule has 0 unspecified atom stereocenters. The summed E-state index contributed by atoms with van der Waals surface area (Å²) in [5, 5.41) is 3.31. The first kappa shape index (κ1) is 16.8. The number of hydrogen-bond acceptors (Lipinski definition) is 5. The smallest absolute Gasteiger partial charge is 0.124 e. The van der Waals surface area contributed by atoms with Crippen molar-refractivity contribution in [2.45, 2.75) is 13.0 Å². The highest BCUT2D eigenvalue weighted by Crippen LogP contribution is 2.24. The van der Waals surface area contributed by atoms with Gasteiger partial charge in [0.25, 0.3) is 0 Å². The third-order valence-corrected chi connectivity index (χ3v) is 2.82. The molecule has 0 radical (unpaired) electrons. The monoisotopic (exact) mass is 283 g/mol. The summed E-state index contributed by atoms with van der Waals surface area (Å²) < 4.78 is 21.1. The Morgan fingerprint density at radius 3 is 2.50 bits per heavy atom. The molecule has 0 saturated carbocycles. The summed E-state index contributed by atoms with van der Waals surface area (Å²) in [6.07, 6.45) is 0.874. The van der Waals surface area contributed by atoms with Gasteiger partial charge >= 0.3 is 0 Å². The van der Waals surface area contributed by atoms with Crippen molar-refractivity contribution >= 4 is 0 Å². The molecule has 0 amide bonds. The number of methoxy groups -OCH3 is 3. The Balaban J connectivity index is 2.56. The maximum Gasteiger partial charge on any atom is 0.124 e. The number of ether oxygens (including phenoxy) is 4. The lowest BCUT2D eigenvalue weighted by Crippen LogP contribution is -2.19. The number of rotatable bonds is 11. The third-order valence-electron chi connectivity index (χ3n) is 2.82. The third kappa shape index (κ3) is 6.23. The maximum atomic E-state index is 5.79. The molecule has 1 rings (SSSR count). The van der Waals surface area contributed by atoms with Crippen molar-refractivity contribution in [2.75, 3.05) is 47.7 Å². The molecule has 0 aliphatic carbocycles. The van der Waals surface area contributed by atoms with Crippen LogP contribution in [0.5, 0.6) is 11.5 Å². The van der Waals surface area contributed by atoms with Crippen LogP contribution in [0.15, 0.2) is 18.2 Å². The molecule has 0 atom stereocenters. The van der Waals surface area contributed by atoms with E-state index in [1.165, 1.54) is 0 Å². The summed E-state index contributed by atoms with van der Waals surface area (Å²) in [5.74, 6) is 1.71. The Morgan fingerprint density at radius 2 is 1.80 bits per heavy atom. The Labute approximate surface area is 121 Å². The molecule has 1 N–H and O–H groups in total. The van der Waals surface area contributed by atoms with Gasteiger partial charge in [0.2, 0.25) is 0 Å². The molecule has 0 aromatic heterocycles. The molecular weight excluding hydrogens is 258 g/mol. The Hall–Kier alpha value is -1.30. The van der Waals surface area contributed by atoms with Crippen molar-refractivity contribution in [1.29, 1.82) is 0 Å². The van der Waals surface area contributed by atoms with Gasteiger partial charge in [0.15, 0.2) is 0 Å². The van der Waals surface area contributed by atoms with Crippen LogP contribution in [-0.2, 0) is 16.0 Å². The van der Waals surface area contributed by atoms with Crippen LogP contribution in [0, 0.1) is 0 Å². The van der Waals surface area contributed by atoms with E-state index in [-0.39, 0.29) is 0 Å². The maximum absolute atomic E-state index is 5.79. The van der Waals surface area contributed by atoms with E-state index < -0.39 is 0 Å². The fraction of sp³-hybridized carbons (Fsp3) is 0.600. The average Bonchev–Trinajstić information content (AvgIpc) is 2.49. The predicted octanol–water partition coefficient (Wildman–Crippen LogP) is 1.85. The van der Waals surface area contributed by atoms with Gasteiger partial charge in [-0.05, 0) is 18.2 Å². The minimum atomic E-state index is 0.644. The first-order valence-corrected chi connectivity index (χ1v) is 6.80. The van der Waals surface area contributed by atoms with Crippen LogP contribution in [0.4, 0.5) is 0 Å². The summed E-state index contributed by atoms with van der Waals surface area (Å²) in [7, 11) is 5.05. The van der Waals surface area contributed by atoms with Crippen molar-refractivity contribution in [1.82, 2.24) is 5.32 Å². The second kappa shape index (κ2) is 10.5. The van der Waals surface area contributed by atoms with E-state index in [0.717, 1.165) is 36.6 Å². The normalized spacial score (nSPS) is 10.6. The molecule has 20 heavy (non-hydrogen) atoms. The van der Waals surface area contributed by atoms with Gasteiger partial charge in [-0.2, -0.15) is 0 Å². The quantitative estimate of drug-likeness (QED) is 0.628. The lowest BCUT2D eigenvalue weighted by Gasteiger charge is -2.13. The summed E-state index contributed by atoms with van der Waals surface area (Å²) in [6, 6.07) is 5.84. The zero-order valence-corrected chi connectivity index (χ0v) is 12.6. The van der Waals surface area contributed by atoms with E-state index in [1.54, 1.807) is 21.3 Å². The van der Waals surface area contributed by atoms with Crippen molar-refractivity contribution in [3.8, 4) is 11.5 Å². The highest BCUT2D eigenvalue weighted by Gasteiger charge is 2.06. The topological polar surface area (TPSA) is 49.0 Å². The molecule has 5 nitrogen and oxygen atoms in total. The lowest BCUT2D eigenvalue weighted by molar-refractivity contribution is 0.171. The second-order valence-electron chi connectivity index (χ2n) is 4.34. The van der Waals surface area contributed by atoms with E-state index in [0.29, 0.717) is 19.8 Å². The van der Waals surface area contributed by atoms with Crippen LogP contribution < -0.4 is 14.8 Å². The van der Waals surface area contributed by atoms with Gasteiger partial charge in [0, 0.05) is 45.9 Å². The standard InChI is InChI=1S/C15H25NO4/c1-17-8-4-9-20-15-6-5-14(19-3)11-13(15)12-16-7-10-18-2/h5-6,11,16H,4,7-10,12H2,1-3H3. The number of benzene rings is 1. The summed E-state index contributed by atoms with van der Waals surface area (Å²) in [6.45, 7) is 3.56. The Morgan fingerprint density at radius 1 is 1.00 bits per heavy atom. The van der Waals surface area contributed by atoms with E-state index >= 15 is 0 Å². The van der Waals surface area contributed by atoms with Crippen LogP contribution in [0.2, 0.25) is 0 Å². The van der Waals surface area contributed by atoms with Crippen molar-refractivity contribution < 1.29 is 18.9 Å². The molecule has 1 aromatic carbocycles. The summed E-state index contributed by atoms with van der Waals surface area (Å²) >= 11 is 0. The summed E-state index contributed by atoms with van der Waals surface area (Å²) in [5.41, 5.74) is 1.08. The fourth-order valence-electron chi connectivity index (χ4n) is 1.74. The van der Waals surface area contributed by atoms with Crippen molar-refractivity contribution in [3.63, 3.8) is 0 Å². The molecular formula is C15H25NO4. The first-order valence-electron chi connectivity index (χ1n) is 6.80. The zero-order valence-electron chi connectivity index (χ0n) is 12.6. The van der Waals surface area contributed by atoms with Gasteiger partial charge < -0.3 is 24.3 Å². The van der Waals surface area contributed by atoms with Crippen LogP contribution in [-0.4, -0.2) is 47.7 Å². The minimum Gasteiger partial charge on any atom is -0.497 e. The number of hydrogen-bond donors (Lipinski definition) is 1. The van der Waals surface area contributed by atoms with E-state index in [2.05, 4.69) is 5.32 Å². The van der Waals surface area contributed by atoms with E-state index in [1.807, 2.05) is 18.2 Å². The van der Waals surface area contributed by atoms with Gasteiger partial charge in [-0.25, -0.2) is 0 Å². The van der Waals surface area contributed by atoms with Crippen LogP contribution in [0.25, 0.3) is 0 Å². The van der Waals surface area contributed by atoms with Gasteiger partial charge in [-0.15, -0.1) is 0 Å². The molecule has 0 bridgehead atoms. The Kier molecular flexibility index (Phi) is 8.78. The van der Waals surface area contributed by atoms with Gasteiger partial charge in [0.1, 0.15) is 11.5 Å². The zero-order chi connectivity index (χ0) is 14.6. The molecule has 0 spiro atoms. The largest absolute Gasteiger partial charge is 0.497 e. The number of nitrogens with one attached hydrogen (secondary N) is 1. The molecule has 0 aliphatic rings. The molecule has 0 aliphatic heterocycles. The van der Waals surface area contributed by atoms with Crippen LogP contribution in [0.3, 0.4) is 0 Å². The van der Waals surface area contributed by atoms with Crippen molar-refractivity contribution in [2.24, 2.45) is 0 Å². The van der Waals surface area contributed by atoms with Crippen LogP contribution >= 0.6 is 0 Å². The molecule has 0 heterocycles. The SMILES string of the molecule is COCCCOc1ccc(OC)cc1CNCCOC. The fourth-order valence-corrected chi connectivity index (χ4v) is 1.74. The van der Waals surface area contributed by atoms with E-state index in [4.69, 9.17) is 18.9 Å². The van der Waals surface area contributed by atoms with Crippen LogP contribution in [0.1, 0.15) is 12.0 Å². The molecule has 5 heteroatoms. The second-order valence-corrected chi connectivity index (χ2v) is 4.34. The van der Waals surface area contributed by atoms with Gasteiger partial charge in [-0.1, -0.05) is 0 Å². The molecule has 1 aromatic rings. The van der Waals surface area contributed by atoms with Crippen molar-refractivity contribution in [3.05, 3.63) is 23.8 Å². The average molecular weight is 283 g/mol. The highest BCUT2D eigenvalue weighted by atomic mass is 16.5. The minimum absolute atomic E-state index is 0.644. The first-order chi connectivity index (χ1) is 9.81. The predicted molar refractivity (Wildman–Crippen MR) is 78.6 cm³/mol. The highest BCUT2D eigenvalue weighted by molar-refractivity contribution is 5.40. The van der Waals surface area contributed by atoms with Gasteiger partial charge in [0.05, 0.1) is 20.3 Å². The van der Waals surface area contributed by atoms with Gasteiger partial charge in [-0.3, -0.25) is 0 Å². The molecule has 0 fully saturated rings. The molecule has 0 saturated heterocycles. The Bertz CT molecular complexity index is 371. The molecule has 114 valence electrons. The summed E-state index contributed by atoms with van der Waals surface area (Å²) in [4.78, 5) is 0. The lowest BCUT2D eigenvalue weighted by atomic mass is 10.2.